The molecule has 2 rings (SSSR count). The lowest BCUT2D eigenvalue weighted by molar-refractivity contribution is 0.0696. The summed E-state index contributed by atoms with van der Waals surface area (Å²) in [6, 6.07) is 5.38. The third-order valence-electron chi connectivity index (χ3n) is 3.23. The number of hydrogen-bond donors (Lipinski definition) is 1. The van der Waals surface area contributed by atoms with Crippen molar-refractivity contribution in [1.82, 2.24) is 0 Å². The van der Waals surface area contributed by atoms with Gasteiger partial charge in [-0.15, -0.1) is 0 Å². The lowest BCUT2D eigenvalue weighted by atomic mass is 10.1. The van der Waals surface area contributed by atoms with Gasteiger partial charge < -0.3 is 9.84 Å². The van der Waals surface area contributed by atoms with E-state index in [0.29, 0.717) is 10.8 Å². The molecule has 0 spiro atoms. The van der Waals surface area contributed by atoms with E-state index in [0.717, 1.165) is 37.4 Å². The Morgan fingerprint density at radius 1 is 1.44 bits per heavy atom. The summed E-state index contributed by atoms with van der Waals surface area (Å²) in [6.45, 7) is 3.72. The normalized spacial score (nSPS) is 16.7. The fraction of sp³-hybridized carbons (Fsp3) is 0.500. The summed E-state index contributed by atoms with van der Waals surface area (Å²) in [7, 11) is 0. The zero-order valence-electron chi connectivity index (χ0n) is 10.5. The highest BCUT2D eigenvalue weighted by atomic mass is 32.2. The van der Waals surface area contributed by atoms with Crippen molar-refractivity contribution < 1.29 is 14.6 Å². The molecule has 0 unspecified atom stereocenters. The molecule has 0 bridgehead atoms. The van der Waals surface area contributed by atoms with Crippen molar-refractivity contribution in [3.8, 4) is 0 Å². The van der Waals surface area contributed by atoms with E-state index in [4.69, 9.17) is 9.84 Å². The Kier molecular flexibility index (Phi) is 4.66. The van der Waals surface area contributed by atoms with Crippen molar-refractivity contribution in [3.63, 3.8) is 0 Å². The van der Waals surface area contributed by atoms with Gasteiger partial charge in [0.15, 0.2) is 0 Å². The molecular formula is C14H18O3S. The highest BCUT2D eigenvalue weighted by molar-refractivity contribution is 7.99. The molecule has 1 N–H and O–H groups in total. The lowest BCUT2D eigenvalue weighted by Gasteiger charge is -2.21. The van der Waals surface area contributed by atoms with E-state index in [2.05, 4.69) is 0 Å². The van der Waals surface area contributed by atoms with Gasteiger partial charge in [-0.1, -0.05) is 6.07 Å². The summed E-state index contributed by atoms with van der Waals surface area (Å²) in [4.78, 5) is 10.9. The Morgan fingerprint density at radius 2 is 2.17 bits per heavy atom. The lowest BCUT2D eigenvalue weighted by Crippen LogP contribution is -2.17. The van der Waals surface area contributed by atoms with Crippen LogP contribution in [0.4, 0.5) is 0 Å². The average Bonchev–Trinajstić information content (AvgIpc) is 2.38. The molecule has 0 aliphatic carbocycles. The Labute approximate surface area is 112 Å². The second-order valence-electron chi connectivity index (χ2n) is 4.57. The molecule has 98 valence electrons. The first-order valence-electron chi connectivity index (χ1n) is 6.19. The zero-order valence-corrected chi connectivity index (χ0v) is 11.3. The summed E-state index contributed by atoms with van der Waals surface area (Å²) in [5.41, 5.74) is 2.67. The van der Waals surface area contributed by atoms with Crippen molar-refractivity contribution >= 4 is 17.7 Å². The number of rotatable bonds is 4. The number of carboxylic acid groups (broad SMARTS) is 1. The number of benzene rings is 1. The van der Waals surface area contributed by atoms with Crippen LogP contribution >= 0.6 is 11.8 Å². The first-order valence-corrected chi connectivity index (χ1v) is 7.24. The highest BCUT2D eigenvalue weighted by Gasteiger charge is 2.14. The minimum absolute atomic E-state index is 0.368. The molecule has 0 aromatic heterocycles. The maximum atomic E-state index is 10.9. The fourth-order valence-corrected chi connectivity index (χ4v) is 3.31. The summed E-state index contributed by atoms with van der Waals surface area (Å²) in [5.74, 6) is 0.0953. The molecule has 3 nitrogen and oxygen atoms in total. The molecule has 1 aliphatic rings. The monoisotopic (exact) mass is 266 g/mol. The van der Waals surface area contributed by atoms with Crippen molar-refractivity contribution in [1.29, 1.82) is 0 Å². The maximum absolute atomic E-state index is 10.9. The topological polar surface area (TPSA) is 46.5 Å². The molecule has 18 heavy (non-hydrogen) atoms. The second kappa shape index (κ2) is 6.25. The minimum Gasteiger partial charge on any atom is -0.478 e. The average molecular weight is 266 g/mol. The molecule has 1 aromatic carbocycles. The Bertz CT molecular complexity index is 425. The summed E-state index contributed by atoms with van der Waals surface area (Å²) >= 11 is 1.95. The predicted molar refractivity (Wildman–Crippen MR) is 73.3 cm³/mol. The van der Waals surface area contributed by atoms with Crippen LogP contribution in [0.5, 0.6) is 0 Å². The molecule has 0 atom stereocenters. The van der Waals surface area contributed by atoms with Gasteiger partial charge >= 0.3 is 5.97 Å². The van der Waals surface area contributed by atoms with Crippen LogP contribution in [0.3, 0.4) is 0 Å². The predicted octanol–water partition coefficient (Wildman–Crippen LogP) is 3.11. The Morgan fingerprint density at radius 3 is 2.78 bits per heavy atom. The number of ether oxygens (including phenoxy) is 1. The Balaban J connectivity index is 1.94. The van der Waals surface area contributed by atoms with Gasteiger partial charge in [0, 0.05) is 24.2 Å². The highest BCUT2D eigenvalue weighted by Crippen LogP contribution is 2.27. The van der Waals surface area contributed by atoms with Crippen molar-refractivity contribution in [2.75, 3.05) is 13.2 Å². The van der Waals surface area contributed by atoms with E-state index in [1.54, 1.807) is 12.1 Å². The molecule has 1 aromatic rings. The molecule has 1 heterocycles. The first-order chi connectivity index (χ1) is 8.66. The van der Waals surface area contributed by atoms with Crippen LogP contribution in [-0.2, 0) is 10.5 Å². The van der Waals surface area contributed by atoms with Gasteiger partial charge in [-0.3, -0.25) is 0 Å². The molecule has 0 amide bonds. The van der Waals surface area contributed by atoms with E-state index in [-0.39, 0.29) is 0 Å². The number of carbonyl (C=O) groups is 1. The van der Waals surface area contributed by atoms with Crippen LogP contribution < -0.4 is 0 Å². The smallest absolute Gasteiger partial charge is 0.335 e. The van der Waals surface area contributed by atoms with Crippen LogP contribution in [0.1, 0.15) is 34.3 Å². The third-order valence-corrected chi connectivity index (χ3v) is 4.65. The van der Waals surface area contributed by atoms with Gasteiger partial charge in [0.2, 0.25) is 0 Å². The van der Waals surface area contributed by atoms with Crippen LogP contribution in [-0.4, -0.2) is 29.5 Å². The van der Waals surface area contributed by atoms with Crippen molar-refractivity contribution in [2.24, 2.45) is 0 Å². The molecule has 1 saturated heterocycles. The standard InChI is InChI=1S/C14H18O3S/c1-10-8-11(14(15)16)2-3-12(10)9-18-13-4-6-17-7-5-13/h2-3,8,13H,4-7,9H2,1H3,(H,15,16). The number of hydrogen-bond acceptors (Lipinski definition) is 3. The largest absolute Gasteiger partial charge is 0.478 e. The van der Waals surface area contributed by atoms with Crippen LogP contribution in [0, 0.1) is 6.92 Å². The first kappa shape index (κ1) is 13.4. The van der Waals surface area contributed by atoms with Gasteiger partial charge in [-0.2, -0.15) is 11.8 Å². The molecule has 1 aliphatic heterocycles. The molecule has 0 saturated carbocycles. The van der Waals surface area contributed by atoms with E-state index >= 15 is 0 Å². The van der Waals surface area contributed by atoms with Crippen molar-refractivity contribution in [3.05, 3.63) is 34.9 Å². The summed E-state index contributed by atoms with van der Waals surface area (Å²) < 4.78 is 5.34. The van der Waals surface area contributed by atoms with E-state index in [1.165, 1.54) is 5.56 Å². The van der Waals surface area contributed by atoms with E-state index < -0.39 is 5.97 Å². The maximum Gasteiger partial charge on any atom is 0.335 e. The van der Waals surface area contributed by atoms with Gasteiger partial charge in [0.05, 0.1) is 5.56 Å². The minimum atomic E-state index is -0.860. The molecular weight excluding hydrogens is 248 g/mol. The fourth-order valence-electron chi connectivity index (χ4n) is 2.04. The molecule has 4 heteroatoms. The quantitative estimate of drug-likeness (QED) is 0.909. The second-order valence-corrected chi connectivity index (χ2v) is 5.86. The Hall–Kier alpha value is -1.000. The molecule has 0 radical (unpaired) electrons. The van der Waals surface area contributed by atoms with Crippen LogP contribution in [0.25, 0.3) is 0 Å². The summed E-state index contributed by atoms with van der Waals surface area (Å²) in [6.07, 6.45) is 2.24. The number of aromatic carboxylic acids is 1. The summed E-state index contributed by atoms with van der Waals surface area (Å²) in [5, 5.41) is 9.59. The van der Waals surface area contributed by atoms with Gasteiger partial charge in [0.25, 0.3) is 0 Å². The number of aryl methyl sites for hydroxylation is 1. The van der Waals surface area contributed by atoms with E-state index in [1.807, 2.05) is 24.8 Å². The van der Waals surface area contributed by atoms with Gasteiger partial charge in [-0.25, -0.2) is 4.79 Å². The van der Waals surface area contributed by atoms with Crippen molar-refractivity contribution in [2.45, 2.75) is 30.8 Å². The SMILES string of the molecule is Cc1cc(C(=O)O)ccc1CSC1CCOCC1. The van der Waals surface area contributed by atoms with E-state index in [9.17, 15) is 4.79 Å². The van der Waals surface area contributed by atoms with Gasteiger partial charge in [0.1, 0.15) is 0 Å². The van der Waals surface area contributed by atoms with Crippen LogP contribution in [0.15, 0.2) is 18.2 Å². The third kappa shape index (κ3) is 3.50. The molecule has 1 fully saturated rings. The van der Waals surface area contributed by atoms with Gasteiger partial charge in [-0.05, 0) is 43.0 Å². The number of thioether (sulfide) groups is 1. The number of carboxylic acids is 1. The zero-order chi connectivity index (χ0) is 13.0. The van der Waals surface area contributed by atoms with Crippen LogP contribution in [0.2, 0.25) is 0 Å².